The summed E-state index contributed by atoms with van der Waals surface area (Å²) in [6, 6.07) is 5.26. The molecule has 0 spiro atoms. The van der Waals surface area contributed by atoms with E-state index in [9.17, 15) is 4.79 Å². The molecule has 0 saturated carbocycles. The average molecular weight is 286 g/mol. The highest BCUT2D eigenvalue weighted by Gasteiger charge is 2.10. The highest BCUT2D eigenvalue weighted by atomic mass is 79.9. The lowest BCUT2D eigenvalue weighted by Gasteiger charge is -2.06. The molecule has 3 nitrogen and oxygen atoms in total. The van der Waals surface area contributed by atoms with Crippen LogP contribution < -0.4 is 0 Å². The van der Waals surface area contributed by atoms with Gasteiger partial charge in [0.2, 0.25) is 0 Å². The molecule has 0 aliphatic heterocycles. The standard InChI is InChI=1S/C10H8BrNO2S/c11-4-7-1-6(3-10(13)14)8(5-12)2-9(7)15/h1-2,15H,3-4H2,(H,13,14). The van der Waals surface area contributed by atoms with Crippen molar-refractivity contribution in [3.05, 3.63) is 28.8 Å². The Labute approximate surface area is 101 Å². The number of rotatable bonds is 3. The molecule has 0 atom stereocenters. The Hall–Kier alpha value is -0.990. The Morgan fingerprint density at radius 3 is 2.67 bits per heavy atom. The highest BCUT2D eigenvalue weighted by molar-refractivity contribution is 9.08. The minimum atomic E-state index is -0.945. The first-order chi connectivity index (χ1) is 7.08. The second kappa shape index (κ2) is 5.19. The summed E-state index contributed by atoms with van der Waals surface area (Å²) in [5.41, 5.74) is 1.78. The van der Waals surface area contributed by atoms with Crippen LogP contribution in [-0.2, 0) is 16.5 Å². The number of hydrogen-bond acceptors (Lipinski definition) is 3. The third-order valence-electron chi connectivity index (χ3n) is 1.91. The molecule has 78 valence electrons. The third-order valence-corrected chi connectivity index (χ3v) is 2.93. The number of aliphatic carboxylic acids is 1. The average Bonchev–Trinajstić information content (AvgIpc) is 2.19. The first-order valence-electron chi connectivity index (χ1n) is 4.11. The molecule has 1 rings (SSSR count). The van der Waals surface area contributed by atoms with E-state index in [2.05, 4.69) is 28.6 Å². The Kier molecular flexibility index (Phi) is 4.18. The SMILES string of the molecule is N#Cc1cc(S)c(CBr)cc1CC(=O)O. The number of hydrogen-bond donors (Lipinski definition) is 2. The number of carbonyl (C=O) groups is 1. The summed E-state index contributed by atoms with van der Waals surface area (Å²) in [6.45, 7) is 0. The van der Waals surface area contributed by atoms with Crippen LogP contribution in [0, 0.1) is 11.3 Å². The lowest BCUT2D eigenvalue weighted by molar-refractivity contribution is -0.136. The van der Waals surface area contributed by atoms with E-state index in [0.717, 1.165) is 5.56 Å². The number of halogens is 1. The van der Waals surface area contributed by atoms with Gasteiger partial charge in [-0.15, -0.1) is 12.6 Å². The van der Waals surface area contributed by atoms with Crippen molar-refractivity contribution in [3.8, 4) is 6.07 Å². The zero-order valence-electron chi connectivity index (χ0n) is 7.70. The molecule has 0 aromatic heterocycles. The Morgan fingerprint density at radius 2 is 2.20 bits per heavy atom. The maximum absolute atomic E-state index is 10.6. The maximum atomic E-state index is 10.6. The van der Waals surface area contributed by atoms with Crippen LogP contribution in [0.2, 0.25) is 0 Å². The molecular weight excluding hydrogens is 278 g/mol. The van der Waals surface area contributed by atoms with E-state index in [-0.39, 0.29) is 6.42 Å². The van der Waals surface area contributed by atoms with Crippen LogP contribution in [-0.4, -0.2) is 11.1 Å². The number of alkyl halides is 1. The minimum Gasteiger partial charge on any atom is -0.481 e. The van der Waals surface area contributed by atoms with Gasteiger partial charge in [0.25, 0.3) is 0 Å². The molecule has 0 bridgehead atoms. The van der Waals surface area contributed by atoms with Gasteiger partial charge in [0.05, 0.1) is 18.1 Å². The van der Waals surface area contributed by atoms with Gasteiger partial charge in [-0.1, -0.05) is 22.0 Å². The van der Waals surface area contributed by atoms with Gasteiger partial charge in [-0.3, -0.25) is 4.79 Å². The summed E-state index contributed by atoms with van der Waals surface area (Å²) in [6.07, 6.45) is -0.142. The first-order valence-corrected chi connectivity index (χ1v) is 5.68. The van der Waals surface area contributed by atoms with Crippen LogP contribution in [0.25, 0.3) is 0 Å². The van der Waals surface area contributed by atoms with Crippen molar-refractivity contribution in [1.29, 1.82) is 5.26 Å². The largest absolute Gasteiger partial charge is 0.481 e. The lowest BCUT2D eigenvalue weighted by Crippen LogP contribution is -2.03. The van der Waals surface area contributed by atoms with Gasteiger partial charge in [-0.25, -0.2) is 0 Å². The van der Waals surface area contributed by atoms with E-state index in [0.29, 0.717) is 21.4 Å². The molecule has 0 saturated heterocycles. The Morgan fingerprint density at radius 1 is 1.53 bits per heavy atom. The van der Waals surface area contributed by atoms with Gasteiger partial charge in [-0.2, -0.15) is 5.26 Å². The Balaban J connectivity index is 3.24. The van der Waals surface area contributed by atoms with Crippen LogP contribution in [0.5, 0.6) is 0 Å². The third kappa shape index (κ3) is 2.98. The fourth-order valence-corrected chi connectivity index (χ4v) is 2.16. The van der Waals surface area contributed by atoms with E-state index < -0.39 is 5.97 Å². The second-order valence-electron chi connectivity index (χ2n) is 2.95. The van der Waals surface area contributed by atoms with Crippen LogP contribution in [0.4, 0.5) is 0 Å². The topological polar surface area (TPSA) is 61.1 Å². The van der Waals surface area contributed by atoms with Crippen molar-refractivity contribution >= 4 is 34.5 Å². The van der Waals surface area contributed by atoms with E-state index in [1.165, 1.54) is 0 Å². The van der Waals surface area contributed by atoms with Crippen molar-refractivity contribution in [1.82, 2.24) is 0 Å². The normalized spacial score (nSPS) is 9.67. The van der Waals surface area contributed by atoms with Gasteiger partial charge in [0, 0.05) is 10.2 Å². The second-order valence-corrected chi connectivity index (χ2v) is 4.00. The van der Waals surface area contributed by atoms with E-state index in [1.54, 1.807) is 12.1 Å². The number of benzene rings is 1. The molecular formula is C10H8BrNO2S. The number of carboxylic acids is 1. The zero-order valence-corrected chi connectivity index (χ0v) is 10.2. The summed E-state index contributed by atoms with van der Waals surface area (Å²) < 4.78 is 0. The van der Waals surface area contributed by atoms with Crippen molar-refractivity contribution in [2.75, 3.05) is 0 Å². The van der Waals surface area contributed by atoms with Crippen LogP contribution in [0.3, 0.4) is 0 Å². The molecule has 0 fully saturated rings. The maximum Gasteiger partial charge on any atom is 0.307 e. The van der Waals surface area contributed by atoms with Gasteiger partial charge in [-0.05, 0) is 17.2 Å². The van der Waals surface area contributed by atoms with E-state index in [1.807, 2.05) is 6.07 Å². The number of nitriles is 1. The monoisotopic (exact) mass is 285 g/mol. The summed E-state index contributed by atoms with van der Waals surface area (Å²) in [4.78, 5) is 11.3. The minimum absolute atomic E-state index is 0.142. The fourth-order valence-electron chi connectivity index (χ4n) is 1.20. The van der Waals surface area contributed by atoms with Gasteiger partial charge >= 0.3 is 5.97 Å². The zero-order chi connectivity index (χ0) is 11.4. The van der Waals surface area contributed by atoms with Crippen molar-refractivity contribution in [3.63, 3.8) is 0 Å². The van der Waals surface area contributed by atoms with Crippen LogP contribution in [0.15, 0.2) is 17.0 Å². The molecule has 1 aromatic rings. The number of nitrogens with zero attached hydrogens (tertiary/aromatic N) is 1. The molecule has 5 heteroatoms. The molecule has 0 heterocycles. The van der Waals surface area contributed by atoms with Gasteiger partial charge in [0.1, 0.15) is 0 Å². The highest BCUT2D eigenvalue weighted by Crippen LogP contribution is 2.22. The van der Waals surface area contributed by atoms with E-state index >= 15 is 0 Å². The summed E-state index contributed by atoms with van der Waals surface area (Å²) in [7, 11) is 0. The molecule has 0 unspecified atom stereocenters. The molecule has 15 heavy (non-hydrogen) atoms. The summed E-state index contributed by atoms with van der Waals surface area (Å²) in [5.74, 6) is -0.945. The summed E-state index contributed by atoms with van der Waals surface area (Å²) >= 11 is 7.49. The van der Waals surface area contributed by atoms with Gasteiger partial charge in [0.15, 0.2) is 0 Å². The predicted octanol–water partition coefficient (Wildman–Crippen LogP) is 2.37. The van der Waals surface area contributed by atoms with Crippen LogP contribution in [0.1, 0.15) is 16.7 Å². The predicted molar refractivity (Wildman–Crippen MR) is 62.4 cm³/mol. The van der Waals surface area contributed by atoms with Gasteiger partial charge < -0.3 is 5.11 Å². The Bertz CT molecular complexity index is 440. The number of carboxylic acid groups (broad SMARTS) is 1. The molecule has 1 aromatic carbocycles. The molecule has 0 radical (unpaired) electrons. The molecule has 0 aliphatic carbocycles. The quantitative estimate of drug-likeness (QED) is 0.662. The van der Waals surface area contributed by atoms with Crippen LogP contribution >= 0.6 is 28.6 Å². The first kappa shape index (κ1) is 12.1. The van der Waals surface area contributed by atoms with Crippen molar-refractivity contribution in [2.24, 2.45) is 0 Å². The molecule has 0 amide bonds. The molecule has 1 N–H and O–H groups in total. The lowest BCUT2D eigenvalue weighted by atomic mass is 10.0. The molecule has 0 aliphatic rings. The summed E-state index contributed by atoms with van der Waals surface area (Å²) in [5, 5.41) is 18.1. The number of thiol groups is 1. The fraction of sp³-hybridized carbons (Fsp3) is 0.200. The van der Waals surface area contributed by atoms with Crippen molar-refractivity contribution in [2.45, 2.75) is 16.6 Å². The van der Waals surface area contributed by atoms with E-state index in [4.69, 9.17) is 10.4 Å². The van der Waals surface area contributed by atoms with Crippen molar-refractivity contribution < 1.29 is 9.90 Å². The smallest absolute Gasteiger partial charge is 0.307 e.